The maximum Gasteiger partial charge on any atom is 0.0860 e. The largest absolute Gasteiger partial charge is 0.377 e. The molecular formula is C15H26ClN3O. The standard InChI is InChI=1S/C15H26ClN3O/c1-3-19-14(15(16)12(2)18-19)11-17-9-10-20-13-7-5-4-6-8-13/h13,17H,3-11H2,1-2H3. The molecule has 114 valence electrons. The van der Waals surface area contributed by atoms with Crippen LogP contribution in [0, 0.1) is 6.92 Å². The van der Waals surface area contributed by atoms with Crippen LogP contribution in [-0.4, -0.2) is 29.0 Å². The molecule has 1 aliphatic carbocycles. The molecule has 4 nitrogen and oxygen atoms in total. The highest BCUT2D eigenvalue weighted by atomic mass is 35.5. The minimum absolute atomic E-state index is 0.484. The Kier molecular flexibility index (Phi) is 6.33. The van der Waals surface area contributed by atoms with E-state index < -0.39 is 0 Å². The fourth-order valence-corrected chi connectivity index (χ4v) is 2.98. The zero-order valence-corrected chi connectivity index (χ0v) is 13.4. The molecule has 1 heterocycles. The molecule has 0 radical (unpaired) electrons. The summed E-state index contributed by atoms with van der Waals surface area (Å²) >= 11 is 6.27. The van der Waals surface area contributed by atoms with Gasteiger partial charge in [0.15, 0.2) is 0 Å². The van der Waals surface area contributed by atoms with Crippen molar-refractivity contribution in [1.29, 1.82) is 0 Å². The fourth-order valence-electron chi connectivity index (χ4n) is 2.77. The summed E-state index contributed by atoms with van der Waals surface area (Å²) in [6.45, 7) is 7.27. The maximum absolute atomic E-state index is 6.27. The van der Waals surface area contributed by atoms with Crippen molar-refractivity contribution in [2.24, 2.45) is 0 Å². The van der Waals surface area contributed by atoms with Crippen LogP contribution in [0.5, 0.6) is 0 Å². The number of nitrogens with zero attached hydrogens (tertiary/aromatic N) is 2. The molecule has 0 spiro atoms. The molecule has 0 bridgehead atoms. The number of aromatic nitrogens is 2. The molecule has 1 saturated carbocycles. The van der Waals surface area contributed by atoms with Gasteiger partial charge in [-0.2, -0.15) is 5.10 Å². The zero-order chi connectivity index (χ0) is 14.4. The molecule has 1 fully saturated rings. The third kappa shape index (κ3) is 4.21. The average Bonchev–Trinajstić information content (AvgIpc) is 2.75. The number of ether oxygens (including phenoxy) is 1. The van der Waals surface area contributed by atoms with Crippen LogP contribution < -0.4 is 5.32 Å². The van der Waals surface area contributed by atoms with E-state index in [0.29, 0.717) is 6.10 Å². The third-order valence-electron chi connectivity index (χ3n) is 3.93. The van der Waals surface area contributed by atoms with E-state index in [-0.39, 0.29) is 0 Å². The van der Waals surface area contributed by atoms with Crippen LogP contribution >= 0.6 is 11.6 Å². The summed E-state index contributed by atoms with van der Waals surface area (Å²) in [5.41, 5.74) is 1.98. The van der Waals surface area contributed by atoms with E-state index in [1.165, 1.54) is 32.1 Å². The predicted octanol–water partition coefficient (Wildman–Crippen LogP) is 3.30. The molecular weight excluding hydrogens is 274 g/mol. The molecule has 1 aliphatic rings. The van der Waals surface area contributed by atoms with E-state index >= 15 is 0 Å². The number of halogens is 1. The first kappa shape index (κ1) is 15.8. The van der Waals surface area contributed by atoms with Gasteiger partial charge in [0, 0.05) is 19.6 Å². The first-order valence-corrected chi connectivity index (χ1v) is 8.14. The monoisotopic (exact) mass is 299 g/mol. The first-order valence-electron chi connectivity index (χ1n) is 7.76. The lowest BCUT2D eigenvalue weighted by Crippen LogP contribution is -2.25. The minimum Gasteiger partial charge on any atom is -0.377 e. The molecule has 1 N–H and O–H groups in total. The van der Waals surface area contributed by atoms with Crippen molar-refractivity contribution in [3.05, 3.63) is 16.4 Å². The SMILES string of the molecule is CCn1nc(C)c(Cl)c1CNCCOC1CCCCC1. The van der Waals surface area contributed by atoms with Gasteiger partial charge in [0.05, 0.1) is 29.1 Å². The normalized spacial score (nSPS) is 16.8. The Bertz CT molecular complexity index is 413. The van der Waals surface area contributed by atoms with Crippen molar-refractivity contribution >= 4 is 11.6 Å². The molecule has 0 unspecified atom stereocenters. The minimum atomic E-state index is 0.484. The number of hydrogen-bond donors (Lipinski definition) is 1. The second-order valence-corrected chi connectivity index (χ2v) is 5.85. The van der Waals surface area contributed by atoms with Gasteiger partial charge in [-0.05, 0) is 26.7 Å². The van der Waals surface area contributed by atoms with Crippen LogP contribution in [0.1, 0.15) is 50.4 Å². The van der Waals surface area contributed by atoms with Crippen LogP contribution in [0.4, 0.5) is 0 Å². The molecule has 0 amide bonds. The van der Waals surface area contributed by atoms with Gasteiger partial charge in [-0.25, -0.2) is 0 Å². The summed E-state index contributed by atoms with van der Waals surface area (Å²) in [4.78, 5) is 0. The summed E-state index contributed by atoms with van der Waals surface area (Å²) < 4.78 is 7.86. The van der Waals surface area contributed by atoms with Crippen LogP contribution in [0.15, 0.2) is 0 Å². The van der Waals surface area contributed by atoms with E-state index in [1.807, 2.05) is 11.6 Å². The summed E-state index contributed by atoms with van der Waals surface area (Å²) in [6, 6.07) is 0. The summed E-state index contributed by atoms with van der Waals surface area (Å²) in [5.74, 6) is 0. The highest BCUT2D eigenvalue weighted by Gasteiger charge is 2.14. The van der Waals surface area contributed by atoms with E-state index in [9.17, 15) is 0 Å². The van der Waals surface area contributed by atoms with Crippen molar-refractivity contribution in [3.63, 3.8) is 0 Å². The van der Waals surface area contributed by atoms with Crippen molar-refractivity contribution in [2.45, 2.75) is 65.1 Å². The highest BCUT2D eigenvalue weighted by molar-refractivity contribution is 6.31. The molecule has 2 rings (SSSR count). The van der Waals surface area contributed by atoms with Crippen molar-refractivity contribution in [2.75, 3.05) is 13.2 Å². The lowest BCUT2D eigenvalue weighted by Gasteiger charge is -2.22. The molecule has 0 saturated heterocycles. The lowest BCUT2D eigenvalue weighted by molar-refractivity contribution is 0.0302. The van der Waals surface area contributed by atoms with E-state index in [0.717, 1.165) is 42.7 Å². The highest BCUT2D eigenvalue weighted by Crippen LogP contribution is 2.21. The van der Waals surface area contributed by atoms with Crippen LogP contribution in [0.2, 0.25) is 5.02 Å². The predicted molar refractivity (Wildman–Crippen MR) is 82.2 cm³/mol. The second-order valence-electron chi connectivity index (χ2n) is 5.47. The smallest absolute Gasteiger partial charge is 0.0860 e. The number of rotatable bonds is 7. The summed E-state index contributed by atoms with van der Waals surface area (Å²) in [7, 11) is 0. The van der Waals surface area contributed by atoms with Crippen molar-refractivity contribution in [3.8, 4) is 0 Å². The van der Waals surface area contributed by atoms with Gasteiger partial charge in [0.2, 0.25) is 0 Å². The van der Waals surface area contributed by atoms with Crippen LogP contribution in [0.25, 0.3) is 0 Å². The van der Waals surface area contributed by atoms with Gasteiger partial charge in [0.1, 0.15) is 0 Å². The summed E-state index contributed by atoms with van der Waals surface area (Å²) in [5, 5.41) is 8.60. The van der Waals surface area contributed by atoms with Crippen molar-refractivity contribution in [1.82, 2.24) is 15.1 Å². The van der Waals surface area contributed by atoms with E-state index in [1.54, 1.807) is 0 Å². The van der Waals surface area contributed by atoms with E-state index in [2.05, 4.69) is 17.3 Å². The Morgan fingerprint density at radius 2 is 2.10 bits per heavy atom. The zero-order valence-electron chi connectivity index (χ0n) is 12.6. The molecule has 5 heteroatoms. The number of aryl methyl sites for hydroxylation is 2. The van der Waals surface area contributed by atoms with Gasteiger partial charge in [-0.15, -0.1) is 0 Å². The second kappa shape index (κ2) is 8.01. The number of hydrogen-bond acceptors (Lipinski definition) is 3. The quantitative estimate of drug-likeness (QED) is 0.785. The average molecular weight is 300 g/mol. The van der Waals surface area contributed by atoms with Gasteiger partial charge in [-0.1, -0.05) is 30.9 Å². The lowest BCUT2D eigenvalue weighted by atomic mass is 9.98. The van der Waals surface area contributed by atoms with Crippen LogP contribution in [-0.2, 0) is 17.8 Å². The van der Waals surface area contributed by atoms with Crippen LogP contribution in [0.3, 0.4) is 0 Å². The maximum atomic E-state index is 6.27. The topological polar surface area (TPSA) is 39.1 Å². The van der Waals surface area contributed by atoms with Gasteiger partial charge >= 0.3 is 0 Å². The Labute approximate surface area is 126 Å². The molecule has 20 heavy (non-hydrogen) atoms. The Morgan fingerprint density at radius 1 is 1.35 bits per heavy atom. The van der Waals surface area contributed by atoms with Gasteiger partial charge < -0.3 is 10.1 Å². The first-order chi connectivity index (χ1) is 9.72. The Hall–Kier alpha value is -0.580. The fraction of sp³-hybridized carbons (Fsp3) is 0.800. The molecule has 0 aromatic carbocycles. The molecule has 0 aliphatic heterocycles. The van der Waals surface area contributed by atoms with E-state index in [4.69, 9.17) is 16.3 Å². The Balaban J connectivity index is 1.68. The number of nitrogens with one attached hydrogen (secondary N) is 1. The summed E-state index contributed by atoms with van der Waals surface area (Å²) in [6.07, 6.45) is 6.96. The van der Waals surface area contributed by atoms with Gasteiger partial charge in [0.25, 0.3) is 0 Å². The third-order valence-corrected chi connectivity index (χ3v) is 4.42. The Morgan fingerprint density at radius 3 is 2.80 bits per heavy atom. The molecule has 0 atom stereocenters. The van der Waals surface area contributed by atoms with Crippen molar-refractivity contribution < 1.29 is 4.74 Å². The molecule has 1 aromatic heterocycles. The van der Waals surface area contributed by atoms with Gasteiger partial charge in [-0.3, -0.25) is 4.68 Å². The molecule has 1 aromatic rings.